The van der Waals surface area contributed by atoms with Crippen molar-refractivity contribution in [2.45, 2.75) is 50.7 Å². The third-order valence-corrected chi connectivity index (χ3v) is 6.75. The summed E-state index contributed by atoms with van der Waals surface area (Å²) < 4.78 is 37.6. The molecule has 1 aliphatic rings. The summed E-state index contributed by atoms with van der Waals surface area (Å²) in [4.78, 5) is 26.3. The third kappa shape index (κ3) is 5.70. The predicted octanol–water partition coefficient (Wildman–Crippen LogP) is 2.41. The van der Waals surface area contributed by atoms with Gasteiger partial charge in [0.1, 0.15) is 5.60 Å². The van der Waals surface area contributed by atoms with Crippen molar-refractivity contribution >= 4 is 22.1 Å². The zero-order chi connectivity index (χ0) is 22.0. The molecular weight excluding hydrogens is 396 g/mol. The van der Waals surface area contributed by atoms with Gasteiger partial charge in [0.15, 0.2) is 0 Å². The van der Waals surface area contributed by atoms with E-state index in [-0.39, 0.29) is 24.4 Å². The third-order valence-electron chi connectivity index (χ3n) is 4.83. The summed E-state index contributed by atoms with van der Waals surface area (Å²) in [6.45, 7) is 7.37. The Kier molecular flexibility index (Phi) is 6.95. The number of nitrogens with zero attached hydrogens (tertiary/aromatic N) is 2. The lowest BCUT2D eigenvalue weighted by atomic mass is 9.94. The Balaban J connectivity index is 2.29. The van der Waals surface area contributed by atoms with Gasteiger partial charge in [0.05, 0.1) is 17.9 Å². The van der Waals surface area contributed by atoms with Crippen LogP contribution in [0, 0.1) is 12.8 Å². The molecule has 29 heavy (non-hydrogen) atoms. The molecule has 1 aliphatic heterocycles. The normalized spacial score (nSPS) is 20.4. The van der Waals surface area contributed by atoms with E-state index in [2.05, 4.69) is 0 Å². The number of hydrogen-bond acceptors (Lipinski definition) is 6. The monoisotopic (exact) mass is 426 g/mol. The number of rotatable bonds is 4. The van der Waals surface area contributed by atoms with Crippen LogP contribution in [0.25, 0.3) is 0 Å². The molecule has 8 nitrogen and oxygen atoms in total. The number of esters is 1. The van der Waals surface area contributed by atoms with E-state index in [1.165, 1.54) is 23.4 Å². The molecule has 2 atom stereocenters. The highest BCUT2D eigenvalue weighted by Crippen LogP contribution is 2.27. The van der Waals surface area contributed by atoms with E-state index in [0.29, 0.717) is 0 Å². The van der Waals surface area contributed by atoms with Gasteiger partial charge < -0.3 is 14.4 Å². The Bertz CT molecular complexity index is 845. The number of carbonyl (C=O) groups is 2. The maximum Gasteiger partial charge on any atom is 0.410 e. The minimum absolute atomic E-state index is 0.122. The number of ether oxygens (including phenoxy) is 2. The van der Waals surface area contributed by atoms with Crippen LogP contribution in [0.4, 0.5) is 4.79 Å². The van der Waals surface area contributed by atoms with Gasteiger partial charge in [-0.2, -0.15) is 4.31 Å². The van der Waals surface area contributed by atoms with Crippen LogP contribution in [0.15, 0.2) is 29.2 Å². The van der Waals surface area contributed by atoms with Crippen LogP contribution in [-0.2, 0) is 24.3 Å². The number of benzene rings is 1. The van der Waals surface area contributed by atoms with E-state index in [1.54, 1.807) is 45.0 Å². The van der Waals surface area contributed by atoms with Gasteiger partial charge in [-0.05, 0) is 46.2 Å². The Morgan fingerprint density at radius 3 is 2.24 bits per heavy atom. The molecule has 9 heteroatoms. The first-order valence-electron chi connectivity index (χ1n) is 9.45. The SMILES string of the molecule is COC(=O)[C@H]1C[C@@H](N(C)S(=O)(=O)c2ccc(C)cc2)CN(C(=O)OC(C)(C)C)C1. The van der Waals surface area contributed by atoms with E-state index in [4.69, 9.17) is 9.47 Å². The van der Waals surface area contributed by atoms with E-state index in [0.717, 1.165) is 5.56 Å². The van der Waals surface area contributed by atoms with Crippen molar-refractivity contribution in [1.82, 2.24) is 9.21 Å². The molecule has 1 aromatic rings. The standard InChI is InChI=1S/C20H30N2O6S/c1-14-7-9-17(10-8-14)29(25,26)21(5)16-11-15(18(23)27-6)12-22(13-16)19(24)28-20(2,3)4/h7-10,15-16H,11-13H2,1-6H3/t15-,16+/m0/s1. The molecule has 0 saturated carbocycles. The smallest absolute Gasteiger partial charge is 0.410 e. The van der Waals surface area contributed by atoms with Crippen LogP contribution in [0.1, 0.15) is 32.8 Å². The highest BCUT2D eigenvalue weighted by atomic mass is 32.2. The molecule has 1 amide bonds. The molecule has 0 radical (unpaired) electrons. The van der Waals surface area contributed by atoms with Crippen molar-refractivity contribution in [2.24, 2.45) is 5.92 Å². The molecule has 2 rings (SSSR count). The molecule has 0 spiro atoms. The maximum atomic E-state index is 13.1. The van der Waals surface area contributed by atoms with Crippen LogP contribution in [0.5, 0.6) is 0 Å². The number of likely N-dealkylation sites (N-methyl/N-ethyl adjacent to an activating group) is 1. The maximum absolute atomic E-state index is 13.1. The number of sulfonamides is 1. The molecule has 0 N–H and O–H groups in total. The number of likely N-dealkylation sites (tertiary alicyclic amines) is 1. The van der Waals surface area contributed by atoms with Crippen LogP contribution >= 0.6 is 0 Å². The van der Waals surface area contributed by atoms with Crippen LogP contribution in [-0.4, -0.2) is 68.6 Å². The van der Waals surface area contributed by atoms with Gasteiger partial charge in [-0.25, -0.2) is 13.2 Å². The van der Waals surface area contributed by atoms with Gasteiger partial charge in [0, 0.05) is 26.2 Å². The molecule has 1 aromatic carbocycles. The molecule has 0 aromatic heterocycles. The van der Waals surface area contributed by atoms with E-state index in [9.17, 15) is 18.0 Å². The minimum Gasteiger partial charge on any atom is -0.469 e. The Labute approximate surface area is 172 Å². The summed E-state index contributed by atoms with van der Waals surface area (Å²) in [5, 5.41) is 0. The summed E-state index contributed by atoms with van der Waals surface area (Å²) in [6.07, 6.45) is -0.328. The van der Waals surface area contributed by atoms with Crippen molar-refractivity contribution in [1.29, 1.82) is 0 Å². The Hall–Kier alpha value is -2.13. The number of hydrogen-bond donors (Lipinski definition) is 0. The lowest BCUT2D eigenvalue weighted by molar-refractivity contribution is -0.147. The number of piperidine rings is 1. The van der Waals surface area contributed by atoms with Gasteiger partial charge in [-0.1, -0.05) is 17.7 Å². The summed E-state index contributed by atoms with van der Waals surface area (Å²) in [7, 11) is -1.05. The second kappa shape index (κ2) is 8.71. The molecule has 1 saturated heterocycles. The summed E-state index contributed by atoms with van der Waals surface area (Å²) in [6, 6.07) is 5.96. The molecule has 0 unspecified atom stereocenters. The summed E-state index contributed by atoms with van der Waals surface area (Å²) in [5.74, 6) is -1.12. The minimum atomic E-state index is -3.79. The van der Waals surface area contributed by atoms with Crippen molar-refractivity contribution in [3.63, 3.8) is 0 Å². The van der Waals surface area contributed by atoms with Crippen molar-refractivity contribution in [3.05, 3.63) is 29.8 Å². The fourth-order valence-electron chi connectivity index (χ4n) is 3.22. The summed E-state index contributed by atoms with van der Waals surface area (Å²) >= 11 is 0. The average Bonchev–Trinajstić information content (AvgIpc) is 2.65. The van der Waals surface area contributed by atoms with Crippen molar-refractivity contribution in [2.75, 3.05) is 27.2 Å². The topological polar surface area (TPSA) is 93.2 Å². The first kappa shape index (κ1) is 23.2. The lowest BCUT2D eigenvalue weighted by Gasteiger charge is -2.40. The number of methoxy groups -OCH3 is 1. The second-order valence-electron chi connectivity index (χ2n) is 8.33. The average molecular weight is 427 g/mol. The van der Waals surface area contributed by atoms with E-state index in [1.807, 2.05) is 6.92 Å². The molecule has 0 bridgehead atoms. The quantitative estimate of drug-likeness (QED) is 0.687. The van der Waals surface area contributed by atoms with Crippen molar-refractivity contribution in [3.8, 4) is 0 Å². The van der Waals surface area contributed by atoms with Gasteiger partial charge in [-0.15, -0.1) is 0 Å². The number of aryl methyl sites for hydroxylation is 1. The number of amides is 1. The van der Waals surface area contributed by atoms with Crippen LogP contribution in [0.3, 0.4) is 0 Å². The largest absolute Gasteiger partial charge is 0.469 e. The molecular formula is C20H30N2O6S. The first-order chi connectivity index (χ1) is 13.3. The molecule has 1 fully saturated rings. The molecule has 1 heterocycles. The van der Waals surface area contributed by atoms with Gasteiger partial charge in [-0.3, -0.25) is 4.79 Å². The first-order valence-corrected chi connectivity index (χ1v) is 10.9. The van der Waals surface area contributed by atoms with Gasteiger partial charge in [0.2, 0.25) is 10.0 Å². The zero-order valence-corrected chi connectivity index (χ0v) is 18.7. The van der Waals surface area contributed by atoms with Crippen LogP contribution in [0.2, 0.25) is 0 Å². The molecule has 0 aliphatic carbocycles. The van der Waals surface area contributed by atoms with Gasteiger partial charge >= 0.3 is 12.1 Å². The molecule has 162 valence electrons. The van der Waals surface area contributed by atoms with E-state index < -0.39 is 39.6 Å². The number of carbonyl (C=O) groups excluding carboxylic acids is 2. The van der Waals surface area contributed by atoms with Crippen molar-refractivity contribution < 1.29 is 27.5 Å². The predicted molar refractivity (Wildman–Crippen MR) is 108 cm³/mol. The second-order valence-corrected chi connectivity index (χ2v) is 10.3. The van der Waals surface area contributed by atoms with Gasteiger partial charge in [0.25, 0.3) is 0 Å². The summed E-state index contributed by atoms with van der Waals surface area (Å²) in [5.41, 5.74) is 0.246. The lowest BCUT2D eigenvalue weighted by Crippen LogP contribution is -2.55. The van der Waals surface area contributed by atoms with E-state index >= 15 is 0 Å². The fourth-order valence-corrected chi connectivity index (χ4v) is 4.58. The zero-order valence-electron chi connectivity index (χ0n) is 17.8. The fraction of sp³-hybridized carbons (Fsp3) is 0.600. The Morgan fingerprint density at radius 1 is 1.14 bits per heavy atom. The van der Waals surface area contributed by atoms with Crippen LogP contribution < -0.4 is 0 Å². The Morgan fingerprint density at radius 2 is 1.72 bits per heavy atom. The highest BCUT2D eigenvalue weighted by Gasteiger charge is 2.40. The highest BCUT2D eigenvalue weighted by molar-refractivity contribution is 7.89.